The molecule has 0 aliphatic carbocycles. The third kappa shape index (κ3) is 9.02. The fourth-order valence-corrected chi connectivity index (χ4v) is 2.98. The third-order valence-corrected chi connectivity index (χ3v) is 5.84. The van der Waals surface area contributed by atoms with E-state index in [1.165, 1.54) is 38.5 Å². The second-order valence-corrected chi connectivity index (χ2v) is 7.64. The topological polar surface area (TPSA) is 18.5 Å². The second-order valence-electron chi connectivity index (χ2n) is 4.06. The maximum Gasteiger partial charge on any atom is 0.334 e. The summed E-state index contributed by atoms with van der Waals surface area (Å²) in [6.45, 7) is 4.39. The van der Waals surface area contributed by atoms with E-state index >= 15 is 0 Å². The summed E-state index contributed by atoms with van der Waals surface area (Å²) < 4.78 is 10.9. The molecule has 0 amide bonds. The molecule has 0 aromatic rings. The minimum absolute atomic E-state index is 0. The van der Waals surface area contributed by atoms with Crippen LogP contribution in [0.5, 0.6) is 0 Å². The Morgan fingerprint density at radius 1 is 0.867 bits per heavy atom. The van der Waals surface area contributed by atoms with Gasteiger partial charge in [0.05, 0.1) is 0 Å². The minimum Gasteiger partial charge on any atom is -0.398 e. The van der Waals surface area contributed by atoms with Crippen LogP contribution in [0.2, 0.25) is 12.6 Å². The van der Waals surface area contributed by atoms with Crippen molar-refractivity contribution in [1.82, 2.24) is 0 Å². The van der Waals surface area contributed by atoms with Crippen LogP contribution in [0.1, 0.15) is 45.4 Å². The van der Waals surface area contributed by atoms with Gasteiger partial charge in [0.2, 0.25) is 0 Å². The molecule has 0 rings (SSSR count). The molecule has 0 atom stereocenters. The lowest BCUT2D eigenvalue weighted by atomic mass is 10.1. The molecule has 94 valence electrons. The van der Waals surface area contributed by atoms with Gasteiger partial charge in [-0.3, -0.25) is 4.70 Å². The summed E-state index contributed by atoms with van der Waals surface area (Å²) in [4.78, 5) is 0. The highest BCUT2D eigenvalue weighted by Crippen LogP contribution is 2.17. The van der Waals surface area contributed by atoms with E-state index in [9.17, 15) is 0 Å². The van der Waals surface area contributed by atoms with E-state index < -0.39 is 8.56 Å². The molecule has 0 bridgehead atoms. The van der Waals surface area contributed by atoms with Crippen LogP contribution in [-0.4, -0.2) is 22.8 Å². The number of halogens is 1. The molecule has 0 aliphatic heterocycles. The summed E-state index contributed by atoms with van der Waals surface area (Å²) >= 11 is 0. The normalized spacial score (nSPS) is 11.2. The molecule has 2 nitrogen and oxygen atoms in total. The predicted molar refractivity (Wildman–Crippen MR) is 66.3 cm³/mol. The number of hydrogen-bond acceptors (Lipinski definition) is 2. The quantitative estimate of drug-likeness (QED) is 0.448. The molecule has 0 heterocycles. The largest absolute Gasteiger partial charge is 0.398 e. The molecule has 0 aliphatic rings. The first-order valence-electron chi connectivity index (χ1n) is 5.79. The first-order valence-corrected chi connectivity index (χ1v) is 8.31. The van der Waals surface area contributed by atoms with Gasteiger partial charge in [0.15, 0.2) is 0 Å². The third-order valence-electron chi connectivity index (χ3n) is 2.85. The Morgan fingerprint density at radius 2 is 1.33 bits per heavy atom. The Morgan fingerprint density at radius 3 is 1.80 bits per heavy atom. The number of rotatable bonds is 9. The molecule has 0 saturated carbocycles. The van der Waals surface area contributed by atoms with Gasteiger partial charge in [-0.25, -0.2) is 0 Å². The molecular weight excluding hydrogens is 211 g/mol. The van der Waals surface area contributed by atoms with E-state index in [0.717, 1.165) is 6.04 Å². The zero-order valence-electron chi connectivity index (χ0n) is 10.7. The summed E-state index contributed by atoms with van der Waals surface area (Å²) in [5, 5.41) is 0. The Bertz CT molecular complexity index is 130. The van der Waals surface area contributed by atoms with Gasteiger partial charge < -0.3 is 8.85 Å². The Labute approximate surface area is 95.0 Å². The molecular formula is C11H27FO2Si. The SMILES string of the molecule is CCCCCCCC[Si](C)(OC)OC.F. The van der Waals surface area contributed by atoms with Crippen molar-refractivity contribution in [3.05, 3.63) is 0 Å². The van der Waals surface area contributed by atoms with Crippen molar-refractivity contribution in [2.45, 2.75) is 58.0 Å². The van der Waals surface area contributed by atoms with Gasteiger partial charge in [-0.2, -0.15) is 0 Å². The average molecular weight is 238 g/mol. The zero-order chi connectivity index (χ0) is 10.9. The Kier molecular flexibility index (Phi) is 12.3. The number of unbranched alkanes of at least 4 members (excludes halogenated alkanes) is 5. The lowest BCUT2D eigenvalue weighted by Gasteiger charge is -2.22. The highest BCUT2D eigenvalue weighted by Gasteiger charge is 2.27. The van der Waals surface area contributed by atoms with Gasteiger partial charge in [-0.15, -0.1) is 0 Å². The van der Waals surface area contributed by atoms with Crippen LogP contribution in [-0.2, 0) is 8.85 Å². The lowest BCUT2D eigenvalue weighted by molar-refractivity contribution is 0.248. The number of hydrogen-bond donors (Lipinski definition) is 0. The van der Waals surface area contributed by atoms with Crippen LogP contribution in [0, 0.1) is 0 Å². The van der Waals surface area contributed by atoms with Crippen molar-refractivity contribution >= 4 is 8.56 Å². The van der Waals surface area contributed by atoms with Crippen molar-refractivity contribution < 1.29 is 13.6 Å². The van der Waals surface area contributed by atoms with Gasteiger partial charge in [-0.1, -0.05) is 45.4 Å². The van der Waals surface area contributed by atoms with Crippen molar-refractivity contribution in [1.29, 1.82) is 0 Å². The molecule has 0 radical (unpaired) electrons. The molecule has 0 saturated heterocycles. The van der Waals surface area contributed by atoms with Crippen LogP contribution in [0.3, 0.4) is 0 Å². The maximum atomic E-state index is 5.43. The summed E-state index contributed by atoms with van der Waals surface area (Å²) in [5.74, 6) is 0. The van der Waals surface area contributed by atoms with Crippen LogP contribution in [0.15, 0.2) is 0 Å². The summed E-state index contributed by atoms with van der Waals surface area (Å²) in [6.07, 6.45) is 8.04. The van der Waals surface area contributed by atoms with Gasteiger partial charge in [0.1, 0.15) is 0 Å². The Hall–Kier alpha value is 0.0669. The second kappa shape index (κ2) is 10.6. The lowest BCUT2D eigenvalue weighted by Crippen LogP contribution is -2.35. The van der Waals surface area contributed by atoms with Gasteiger partial charge in [0, 0.05) is 14.2 Å². The van der Waals surface area contributed by atoms with E-state index in [1.807, 2.05) is 0 Å². The maximum absolute atomic E-state index is 5.43. The molecule has 0 aromatic carbocycles. The van der Waals surface area contributed by atoms with Crippen molar-refractivity contribution in [3.63, 3.8) is 0 Å². The molecule has 0 fully saturated rings. The van der Waals surface area contributed by atoms with Crippen LogP contribution < -0.4 is 0 Å². The molecule has 0 aromatic heterocycles. The first kappa shape index (κ1) is 17.5. The van der Waals surface area contributed by atoms with Crippen LogP contribution in [0.4, 0.5) is 4.70 Å². The highest BCUT2D eigenvalue weighted by molar-refractivity contribution is 6.65. The molecule has 15 heavy (non-hydrogen) atoms. The van der Waals surface area contributed by atoms with E-state index in [4.69, 9.17) is 8.85 Å². The average Bonchev–Trinajstić information content (AvgIpc) is 2.23. The molecule has 0 unspecified atom stereocenters. The Balaban J connectivity index is 0. The van der Waals surface area contributed by atoms with Crippen molar-refractivity contribution in [2.75, 3.05) is 14.2 Å². The van der Waals surface area contributed by atoms with Gasteiger partial charge in [0.25, 0.3) is 0 Å². The molecule has 4 heteroatoms. The van der Waals surface area contributed by atoms with Crippen molar-refractivity contribution in [3.8, 4) is 0 Å². The fraction of sp³-hybridized carbons (Fsp3) is 1.00. The summed E-state index contributed by atoms with van der Waals surface area (Å²) in [5.41, 5.74) is 0. The van der Waals surface area contributed by atoms with Gasteiger partial charge in [-0.05, 0) is 12.6 Å². The minimum atomic E-state index is -1.77. The van der Waals surface area contributed by atoms with Gasteiger partial charge >= 0.3 is 8.56 Å². The standard InChI is InChI=1S/C11H26O2Si.FH/c1-5-6-7-8-9-10-11-14(4,12-2)13-3;/h5-11H2,1-4H3;1H. The van der Waals surface area contributed by atoms with Crippen LogP contribution >= 0.6 is 0 Å². The summed E-state index contributed by atoms with van der Waals surface area (Å²) in [7, 11) is 1.78. The fourth-order valence-electron chi connectivity index (χ4n) is 1.51. The van der Waals surface area contributed by atoms with E-state index in [0.29, 0.717) is 0 Å². The van der Waals surface area contributed by atoms with E-state index in [2.05, 4.69) is 13.5 Å². The zero-order valence-corrected chi connectivity index (χ0v) is 11.7. The first-order chi connectivity index (χ1) is 6.68. The predicted octanol–water partition coefficient (Wildman–Crippen LogP) is 3.86. The summed E-state index contributed by atoms with van der Waals surface area (Å²) in [6, 6.07) is 1.13. The van der Waals surface area contributed by atoms with Crippen LogP contribution in [0.25, 0.3) is 0 Å². The van der Waals surface area contributed by atoms with Crippen molar-refractivity contribution in [2.24, 2.45) is 0 Å². The smallest absolute Gasteiger partial charge is 0.334 e. The molecule has 0 N–H and O–H groups in total. The van der Waals surface area contributed by atoms with E-state index in [-0.39, 0.29) is 4.70 Å². The van der Waals surface area contributed by atoms with E-state index in [1.54, 1.807) is 14.2 Å². The molecule has 0 spiro atoms. The highest BCUT2D eigenvalue weighted by atomic mass is 28.4. The monoisotopic (exact) mass is 238 g/mol.